The van der Waals surface area contributed by atoms with Gasteiger partial charge in [0.15, 0.2) is 5.78 Å². The molecule has 2 rings (SSSR count). The van der Waals surface area contributed by atoms with Gasteiger partial charge in [-0.1, -0.05) is 19.4 Å². The summed E-state index contributed by atoms with van der Waals surface area (Å²) in [7, 11) is 0. The Morgan fingerprint density at radius 1 is 1.50 bits per heavy atom. The summed E-state index contributed by atoms with van der Waals surface area (Å²) in [6.45, 7) is 4.98. The van der Waals surface area contributed by atoms with Crippen molar-refractivity contribution < 1.29 is 9.90 Å². The molecule has 0 aromatic carbocycles. The van der Waals surface area contributed by atoms with E-state index in [9.17, 15) is 4.79 Å². The van der Waals surface area contributed by atoms with E-state index < -0.39 is 0 Å². The molecule has 102 valence electrons. The van der Waals surface area contributed by atoms with Crippen molar-refractivity contribution >= 4 is 5.78 Å². The van der Waals surface area contributed by atoms with Crippen LogP contribution >= 0.6 is 0 Å². The van der Waals surface area contributed by atoms with Gasteiger partial charge in [0.2, 0.25) is 0 Å². The summed E-state index contributed by atoms with van der Waals surface area (Å²) in [6.07, 6.45) is 9.33. The molecule has 0 saturated heterocycles. The van der Waals surface area contributed by atoms with Crippen LogP contribution in [-0.4, -0.2) is 17.5 Å². The smallest absolute Gasteiger partial charge is 0.155 e. The number of aliphatic hydroxyl groups excluding tert-OH is 1. The van der Waals surface area contributed by atoms with Gasteiger partial charge in [-0.05, 0) is 61.9 Å². The average Bonchev–Trinajstić information content (AvgIpc) is 2.36. The fourth-order valence-electron chi connectivity index (χ4n) is 3.76. The second-order valence-corrected chi connectivity index (χ2v) is 6.54. The summed E-state index contributed by atoms with van der Waals surface area (Å²) in [5.74, 6) is 1.80. The number of carbonyl (C=O) groups is 1. The Kier molecular flexibility index (Phi) is 4.26. The molecule has 3 atom stereocenters. The Morgan fingerprint density at radius 3 is 3.00 bits per heavy atom. The number of carbonyl (C=O) groups excluding carboxylic acids is 1. The van der Waals surface area contributed by atoms with Crippen LogP contribution < -0.4 is 0 Å². The maximum Gasteiger partial charge on any atom is 0.155 e. The minimum atomic E-state index is 0.282. The summed E-state index contributed by atoms with van der Waals surface area (Å²) in [4.78, 5) is 11.5. The second-order valence-electron chi connectivity index (χ2n) is 6.54. The van der Waals surface area contributed by atoms with Gasteiger partial charge in [-0.15, -0.1) is 0 Å². The molecule has 0 heterocycles. The molecule has 2 heteroatoms. The third-order valence-corrected chi connectivity index (χ3v) is 5.15. The summed E-state index contributed by atoms with van der Waals surface area (Å²) in [6, 6.07) is 0. The molecule has 1 fully saturated rings. The van der Waals surface area contributed by atoms with Crippen molar-refractivity contribution in [2.24, 2.45) is 17.3 Å². The lowest BCUT2D eigenvalue weighted by Crippen LogP contribution is -2.34. The van der Waals surface area contributed by atoms with E-state index in [0.717, 1.165) is 38.0 Å². The van der Waals surface area contributed by atoms with Gasteiger partial charge in [0.25, 0.3) is 0 Å². The van der Waals surface area contributed by atoms with Gasteiger partial charge in [0, 0.05) is 13.0 Å². The minimum absolute atomic E-state index is 0.282. The fourth-order valence-corrected chi connectivity index (χ4v) is 3.76. The van der Waals surface area contributed by atoms with E-state index in [1.807, 2.05) is 6.08 Å². The molecule has 1 saturated carbocycles. The van der Waals surface area contributed by atoms with Crippen LogP contribution in [0.1, 0.15) is 58.8 Å². The zero-order valence-electron chi connectivity index (χ0n) is 11.7. The predicted molar refractivity (Wildman–Crippen MR) is 73.3 cm³/mol. The van der Waals surface area contributed by atoms with Crippen LogP contribution in [0, 0.1) is 17.3 Å². The van der Waals surface area contributed by atoms with E-state index in [2.05, 4.69) is 13.8 Å². The number of allylic oxidation sites excluding steroid dienone is 2. The monoisotopic (exact) mass is 250 g/mol. The van der Waals surface area contributed by atoms with E-state index in [1.165, 1.54) is 18.4 Å². The number of aliphatic hydroxyl groups is 1. The highest BCUT2D eigenvalue weighted by atomic mass is 16.2. The lowest BCUT2D eigenvalue weighted by molar-refractivity contribution is -0.116. The topological polar surface area (TPSA) is 37.3 Å². The van der Waals surface area contributed by atoms with Gasteiger partial charge in [-0.2, -0.15) is 0 Å². The lowest BCUT2D eigenvalue weighted by Gasteiger charge is -2.44. The molecular weight excluding hydrogens is 224 g/mol. The van der Waals surface area contributed by atoms with Gasteiger partial charge < -0.3 is 5.11 Å². The zero-order chi connectivity index (χ0) is 13.2. The van der Waals surface area contributed by atoms with Crippen LogP contribution in [-0.2, 0) is 4.79 Å². The summed E-state index contributed by atoms with van der Waals surface area (Å²) >= 11 is 0. The number of ketones is 1. The van der Waals surface area contributed by atoms with Crippen molar-refractivity contribution in [2.75, 3.05) is 6.61 Å². The second kappa shape index (κ2) is 5.56. The predicted octanol–water partition coefficient (Wildman–Crippen LogP) is 3.49. The Hall–Kier alpha value is -0.630. The fraction of sp³-hybridized carbons (Fsp3) is 0.812. The maximum absolute atomic E-state index is 11.5. The van der Waals surface area contributed by atoms with Crippen LogP contribution in [0.5, 0.6) is 0 Å². The van der Waals surface area contributed by atoms with Crippen molar-refractivity contribution in [3.63, 3.8) is 0 Å². The normalized spacial score (nSPS) is 33.8. The largest absolute Gasteiger partial charge is 0.396 e. The number of hydrogen-bond donors (Lipinski definition) is 1. The lowest BCUT2D eigenvalue weighted by atomic mass is 9.60. The van der Waals surface area contributed by atoms with Gasteiger partial charge in [0.1, 0.15) is 0 Å². The molecule has 2 nitrogen and oxygen atoms in total. The maximum atomic E-state index is 11.5. The molecule has 1 N–H and O–H groups in total. The Labute approximate surface area is 110 Å². The van der Waals surface area contributed by atoms with E-state index in [-0.39, 0.29) is 5.41 Å². The first-order valence-corrected chi connectivity index (χ1v) is 7.40. The van der Waals surface area contributed by atoms with E-state index in [1.54, 1.807) is 0 Å². The highest BCUT2D eigenvalue weighted by Gasteiger charge is 2.39. The molecule has 0 amide bonds. The first-order valence-electron chi connectivity index (χ1n) is 7.40. The Balaban J connectivity index is 2.01. The van der Waals surface area contributed by atoms with Gasteiger partial charge in [-0.25, -0.2) is 0 Å². The third-order valence-electron chi connectivity index (χ3n) is 5.15. The molecule has 18 heavy (non-hydrogen) atoms. The quantitative estimate of drug-likeness (QED) is 0.829. The summed E-state index contributed by atoms with van der Waals surface area (Å²) < 4.78 is 0. The highest BCUT2D eigenvalue weighted by molar-refractivity contribution is 5.91. The van der Waals surface area contributed by atoms with Crippen LogP contribution in [0.4, 0.5) is 0 Å². The first kappa shape index (κ1) is 13.8. The standard InChI is InChI=1S/C16H26O2/c1-12(4-3-9-17)13-5-6-14-10-15(18)7-8-16(14,2)11-13/h10,12-13,17H,3-9,11H2,1-2H3/t12-,13+,16+/m0/s1. The van der Waals surface area contributed by atoms with Crippen LogP contribution in [0.2, 0.25) is 0 Å². The van der Waals surface area contributed by atoms with E-state index in [4.69, 9.17) is 5.11 Å². The molecular formula is C16H26O2. The van der Waals surface area contributed by atoms with E-state index in [0.29, 0.717) is 18.3 Å². The molecule has 0 radical (unpaired) electrons. The zero-order valence-corrected chi connectivity index (χ0v) is 11.7. The Morgan fingerprint density at radius 2 is 2.28 bits per heavy atom. The summed E-state index contributed by atoms with van der Waals surface area (Å²) in [5, 5.41) is 8.93. The molecule has 0 spiro atoms. The molecule has 0 unspecified atom stereocenters. The first-order chi connectivity index (χ1) is 8.55. The van der Waals surface area contributed by atoms with Gasteiger partial charge in [0.05, 0.1) is 0 Å². The Bertz CT molecular complexity index is 345. The van der Waals surface area contributed by atoms with Crippen LogP contribution in [0.25, 0.3) is 0 Å². The number of fused-ring (bicyclic) bond motifs is 1. The minimum Gasteiger partial charge on any atom is -0.396 e. The van der Waals surface area contributed by atoms with Crippen molar-refractivity contribution in [3.05, 3.63) is 11.6 Å². The number of hydrogen-bond acceptors (Lipinski definition) is 2. The number of rotatable bonds is 4. The van der Waals surface area contributed by atoms with Crippen molar-refractivity contribution in [3.8, 4) is 0 Å². The van der Waals surface area contributed by atoms with Crippen molar-refractivity contribution in [1.29, 1.82) is 0 Å². The van der Waals surface area contributed by atoms with Gasteiger partial charge in [-0.3, -0.25) is 4.79 Å². The van der Waals surface area contributed by atoms with Crippen molar-refractivity contribution in [2.45, 2.75) is 58.8 Å². The van der Waals surface area contributed by atoms with Crippen LogP contribution in [0.15, 0.2) is 11.6 Å². The average molecular weight is 250 g/mol. The molecule has 0 aromatic rings. The third kappa shape index (κ3) is 2.85. The van der Waals surface area contributed by atoms with Crippen molar-refractivity contribution in [1.82, 2.24) is 0 Å². The summed E-state index contributed by atoms with van der Waals surface area (Å²) in [5.41, 5.74) is 1.69. The SMILES string of the molecule is C[C@@H](CCCO)[C@@H]1CCC2=CC(=O)CC[C@]2(C)C1. The molecule has 0 aliphatic heterocycles. The molecule has 0 bridgehead atoms. The molecule has 0 aromatic heterocycles. The van der Waals surface area contributed by atoms with Crippen LogP contribution in [0.3, 0.4) is 0 Å². The van der Waals surface area contributed by atoms with E-state index >= 15 is 0 Å². The molecule has 2 aliphatic rings. The highest BCUT2D eigenvalue weighted by Crippen LogP contribution is 2.50. The van der Waals surface area contributed by atoms with Gasteiger partial charge >= 0.3 is 0 Å². The molecule has 2 aliphatic carbocycles.